The van der Waals surface area contributed by atoms with Crippen LogP contribution in [0.5, 0.6) is 0 Å². The Kier molecular flexibility index (Phi) is 3.61. The minimum absolute atomic E-state index is 0.507. The number of primary amides is 1. The van der Waals surface area contributed by atoms with Gasteiger partial charge in [-0.05, 0) is 0 Å². The molecule has 1 aromatic heterocycles. The number of amides is 1. The zero-order chi connectivity index (χ0) is 14.0. The van der Waals surface area contributed by atoms with Gasteiger partial charge in [-0.1, -0.05) is 0 Å². The lowest BCUT2D eigenvalue weighted by atomic mass is 10.3. The summed E-state index contributed by atoms with van der Waals surface area (Å²) < 4.78 is 1.36. The molecule has 98 valence electrons. The van der Waals surface area contributed by atoms with Crippen molar-refractivity contribution < 1.29 is 9.72 Å². The van der Waals surface area contributed by atoms with Crippen molar-refractivity contribution in [3.8, 4) is 0 Å². The van der Waals surface area contributed by atoms with Crippen LogP contribution in [-0.2, 0) is 18.4 Å². The Morgan fingerprint density at radius 2 is 2.11 bits per heavy atom. The highest BCUT2D eigenvalue weighted by atomic mass is 16.6. The maximum Gasteiger partial charge on any atom is 0.350 e. The Morgan fingerprint density at radius 3 is 2.56 bits per heavy atom. The third-order valence-corrected chi connectivity index (χ3v) is 2.25. The predicted octanol–water partition coefficient (Wildman–Crippen LogP) is -2.73. The molecule has 0 saturated carbocycles. The van der Waals surface area contributed by atoms with Crippen LogP contribution >= 0.6 is 0 Å². The topological polar surface area (TPSA) is 156 Å². The maximum atomic E-state index is 11.6. The van der Waals surface area contributed by atoms with Gasteiger partial charge in [-0.15, -0.1) is 0 Å². The molecule has 1 aromatic rings. The lowest BCUT2D eigenvalue weighted by Gasteiger charge is -2.10. The first-order valence-corrected chi connectivity index (χ1v) is 4.75. The summed E-state index contributed by atoms with van der Waals surface area (Å²) in [5.74, 6) is -0.921. The summed E-state index contributed by atoms with van der Waals surface area (Å²) in [7, 11) is 1.24. The van der Waals surface area contributed by atoms with Crippen molar-refractivity contribution in [2.24, 2.45) is 18.5 Å². The van der Waals surface area contributed by atoms with Gasteiger partial charge in [0.15, 0.2) is 0 Å². The van der Waals surface area contributed by atoms with E-state index in [1.807, 2.05) is 0 Å². The number of nitrogens with two attached hydrogens (primary N) is 2. The number of hydrogen-bond acceptors (Lipinski definition) is 6. The molecule has 18 heavy (non-hydrogen) atoms. The van der Waals surface area contributed by atoms with Crippen molar-refractivity contribution in [2.75, 3.05) is 0 Å². The second-order valence-corrected chi connectivity index (χ2v) is 3.59. The quantitative estimate of drug-likeness (QED) is 0.440. The predicted molar refractivity (Wildman–Crippen MR) is 59.8 cm³/mol. The number of rotatable bonds is 4. The molecule has 0 fully saturated rings. The van der Waals surface area contributed by atoms with E-state index >= 15 is 0 Å². The highest BCUT2D eigenvalue weighted by Crippen LogP contribution is 1.99. The molecule has 10 heteroatoms. The number of carbonyl (C=O) groups is 1. The molecule has 1 heterocycles. The zero-order valence-electron chi connectivity index (χ0n) is 9.40. The van der Waals surface area contributed by atoms with Crippen LogP contribution in [0.4, 0.5) is 5.69 Å². The molecule has 0 spiro atoms. The molecule has 1 rings (SSSR count). The van der Waals surface area contributed by atoms with Crippen molar-refractivity contribution in [2.45, 2.75) is 12.6 Å². The minimum atomic E-state index is -1.28. The van der Waals surface area contributed by atoms with E-state index in [1.165, 1.54) is 7.05 Å². The third-order valence-electron chi connectivity index (χ3n) is 2.25. The molecule has 4 N–H and O–H groups in total. The van der Waals surface area contributed by atoms with Crippen LogP contribution in [0.1, 0.15) is 0 Å². The fourth-order valence-electron chi connectivity index (χ4n) is 1.28. The lowest BCUT2D eigenvalue weighted by Crippen LogP contribution is -2.48. The number of nitrogens with zero attached hydrogens (tertiary/aromatic N) is 3. The van der Waals surface area contributed by atoms with E-state index in [9.17, 15) is 24.5 Å². The van der Waals surface area contributed by atoms with E-state index in [0.29, 0.717) is 4.57 Å². The monoisotopic (exact) mass is 257 g/mol. The molecule has 0 aliphatic heterocycles. The summed E-state index contributed by atoms with van der Waals surface area (Å²) in [6.07, 6.45) is 0.803. The van der Waals surface area contributed by atoms with Crippen LogP contribution < -0.4 is 22.7 Å². The summed E-state index contributed by atoms with van der Waals surface area (Å²) in [5.41, 5.74) is 7.48. The third kappa shape index (κ3) is 2.43. The number of carbonyl (C=O) groups excluding carboxylic acids is 1. The van der Waals surface area contributed by atoms with Gasteiger partial charge in [0.2, 0.25) is 5.91 Å². The number of aromatic nitrogens is 2. The Morgan fingerprint density at radius 1 is 1.56 bits per heavy atom. The van der Waals surface area contributed by atoms with Crippen LogP contribution in [0.25, 0.3) is 0 Å². The van der Waals surface area contributed by atoms with Gasteiger partial charge in [0.05, 0.1) is 17.7 Å². The lowest BCUT2D eigenvalue weighted by molar-refractivity contribution is -0.387. The molecule has 1 atom stereocenters. The summed E-state index contributed by atoms with van der Waals surface area (Å²) in [6, 6.07) is -1.28. The van der Waals surface area contributed by atoms with E-state index in [4.69, 9.17) is 11.5 Å². The molecular weight excluding hydrogens is 246 g/mol. The summed E-state index contributed by atoms with van der Waals surface area (Å²) in [6.45, 7) is -0.511. The SMILES string of the molecule is Cn1cc([N+](=O)[O-])c(=O)n(CC(N)C(N)=O)c1=O. The minimum Gasteiger partial charge on any atom is -0.368 e. The van der Waals surface area contributed by atoms with Gasteiger partial charge in [-0.25, -0.2) is 4.79 Å². The largest absolute Gasteiger partial charge is 0.368 e. The fraction of sp³-hybridized carbons (Fsp3) is 0.375. The average molecular weight is 257 g/mol. The van der Waals surface area contributed by atoms with Gasteiger partial charge < -0.3 is 11.5 Å². The van der Waals surface area contributed by atoms with Crippen LogP contribution in [0.3, 0.4) is 0 Å². The van der Waals surface area contributed by atoms with Crippen molar-refractivity contribution in [1.82, 2.24) is 9.13 Å². The molecule has 0 aliphatic rings. The Labute approximate surface area is 99.6 Å². The van der Waals surface area contributed by atoms with Crippen molar-refractivity contribution in [3.63, 3.8) is 0 Å². The van der Waals surface area contributed by atoms with E-state index < -0.39 is 40.4 Å². The van der Waals surface area contributed by atoms with Gasteiger partial charge in [-0.2, -0.15) is 0 Å². The second kappa shape index (κ2) is 4.79. The first-order valence-electron chi connectivity index (χ1n) is 4.75. The first-order chi connectivity index (χ1) is 8.25. The van der Waals surface area contributed by atoms with E-state index in [-0.39, 0.29) is 0 Å². The Hall–Kier alpha value is -2.49. The molecule has 0 aliphatic carbocycles. The number of hydrogen-bond donors (Lipinski definition) is 2. The number of aryl methyl sites for hydroxylation is 1. The summed E-state index contributed by atoms with van der Waals surface area (Å²) >= 11 is 0. The smallest absolute Gasteiger partial charge is 0.350 e. The van der Waals surface area contributed by atoms with Gasteiger partial charge >= 0.3 is 16.9 Å². The highest BCUT2D eigenvalue weighted by Gasteiger charge is 2.21. The molecule has 0 aromatic carbocycles. The molecule has 1 amide bonds. The molecule has 0 saturated heterocycles. The van der Waals surface area contributed by atoms with Crippen molar-refractivity contribution in [1.29, 1.82) is 0 Å². The molecular formula is C8H11N5O5. The summed E-state index contributed by atoms with van der Waals surface area (Å²) in [5, 5.41) is 10.6. The van der Waals surface area contributed by atoms with Crippen LogP contribution in [0.15, 0.2) is 15.8 Å². The Balaban J connectivity index is 3.43. The standard InChI is InChI=1S/C8H11N5O5/c1-11-3-5(13(17)18)7(15)12(8(11)16)2-4(9)6(10)14/h3-4H,2,9H2,1H3,(H2,10,14). The molecule has 0 bridgehead atoms. The van der Waals surface area contributed by atoms with Crippen LogP contribution in [0, 0.1) is 10.1 Å². The summed E-state index contributed by atoms with van der Waals surface area (Å²) in [4.78, 5) is 43.7. The second-order valence-electron chi connectivity index (χ2n) is 3.59. The molecule has 10 nitrogen and oxygen atoms in total. The van der Waals surface area contributed by atoms with Gasteiger partial charge in [0.1, 0.15) is 6.04 Å². The maximum absolute atomic E-state index is 11.6. The van der Waals surface area contributed by atoms with Gasteiger partial charge in [0.25, 0.3) is 0 Å². The molecule has 0 radical (unpaired) electrons. The first kappa shape index (κ1) is 13.6. The highest BCUT2D eigenvalue weighted by molar-refractivity contribution is 5.79. The zero-order valence-corrected chi connectivity index (χ0v) is 9.40. The fourth-order valence-corrected chi connectivity index (χ4v) is 1.28. The van der Waals surface area contributed by atoms with Crippen LogP contribution in [0.2, 0.25) is 0 Å². The Bertz CT molecular complexity index is 615. The van der Waals surface area contributed by atoms with Crippen LogP contribution in [-0.4, -0.2) is 26.0 Å². The van der Waals surface area contributed by atoms with Gasteiger partial charge in [-0.3, -0.25) is 28.8 Å². The number of nitro groups is 1. The average Bonchev–Trinajstić information content (AvgIpc) is 2.28. The van der Waals surface area contributed by atoms with E-state index in [2.05, 4.69) is 0 Å². The van der Waals surface area contributed by atoms with E-state index in [0.717, 1.165) is 10.8 Å². The van der Waals surface area contributed by atoms with Crippen molar-refractivity contribution in [3.05, 3.63) is 37.1 Å². The molecule has 1 unspecified atom stereocenters. The van der Waals surface area contributed by atoms with Gasteiger partial charge in [0, 0.05) is 7.05 Å². The van der Waals surface area contributed by atoms with Crippen molar-refractivity contribution >= 4 is 11.6 Å². The van der Waals surface area contributed by atoms with E-state index in [1.54, 1.807) is 0 Å². The normalized spacial score (nSPS) is 12.1.